The third-order valence-corrected chi connectivity index (χ3v) is 2.46. The van der Waals surface area contributed by atoms with E-state index in [2.05, 4.69) is 15.0 Å². The summed E-state index contributed by atoms with van der Waals surface area (Å²) in [5, 5.41) is 2.71. The molecule has 0 unspecified atom stereocenters. The Morgan fingerprint density at radius 3 is 3.00 bits per heavy atom. The van der Waals surface area contributed by atoms with Gasteiger partial charge in [0, 0.05) is 25.0 Å². The Hall–Kier alpha value is -2.37. The van der Waals surface area contributed by atoms with Gasteiger partial charge in [-0.15, -0.1) is 0 Å². The molecule has 2 rings (SSSR count). The fourth-order valence-electron chi connectivity index (χ4n) is 1.54. The Bertz CT molecular complexity index is 577. The quantitative estimate of drug-likeness (QED) is 0.825. The van der Waals surface area contributed by atoms with Crippen molar-refractivity contribution in [3.05, 3.63) is 30.7 Å². The number of imidazole rings is 1. The lowest BCUT2D eigenvalue weighted by Gasteiger charge is -2.05. The van der Waals surface area contributed by atoms with E-state index < -0.39 is 5.97 Å². The molecule has 6 heteroatoms. The van der Waals surface area contributed by atoms with Crippen LogP contribution in [0.1, 0.15) is 12.8 Å². The Morgan fingerprint density at radius 2 is 2.22 bits per heavy atom. The van der Waals surface area contributed by atoms with Crippen molar-refractivity contribution in [2.75, 3.05) is 12.4 Å². The first-order valence-corrected chi connectivity index (χ1v) is 5.48. The zero-order valence-corrected chi connectivity index (χ0v) is 9.92. The first-order chi connectivity index (χ1) is 8.69. The number of amides is 1. The van der Waals surface area contributed by atoms with Gasteiger partial charge < -0.3 is 14.5 Å². The van der Waals surface area contributed by atoms with Crippen LogP contribution in [0.15, 0.2) is 30.7 Å². The predicted molar refractivity (Wildman–Crippen MR) is 65.1 cm³/mol. The molecule has 1 N–H and O–H groups in total. The van der Waals surface area contributed by atoms with Crippen LogP contribution in [0.25, 0.3) is 5.65 Å². The molecule has 0 atom stereocenters. The zero-order valence-electron chi connectivity index (χ0n) is 9.92. The Morgan fingerprint density at radius 1 is 1.39 bits per heavy atom. The van der Waals surface area contributed by atoms with Crippen molar-refractivity contribution in [1.82, 2.24) is 9.38 Å². The number of carbonyl (C=O) groups is 2. The fraction of sp³-hybridized carbons (Fsp3) is 0.250. The van der Waals surface area contributed by atoms with Crippen molar-refractivity contribution in [2.24, 2.45) is 0 Å². The molecular weight excluding hydrogens is 234 g/mol. The molecule has 0 fully saturated rings. The molecule has 2 heterocycles. The SMILES string of the molecule is COC(=O)CCC(=O)Nc1ccc2nccn2c1. The average Bonchev–Trinajstić information content (AvgIpc) is 2.83. The standard InChI is InChI=1S/C12H13N3O3/c1-18-12(17)5-4-11(16)14-9-2-3-10-13-6-7-15(10)8-9/h2-3,6-8H,4-5H2,1H3,(H,14,16). The van der Waals surface area contributed by atoms with E-state index in [0.29, 0.717) is 5.69 Å². The van der Waals surface area contributed by atoms with Gasteiger partial charge in [0.1, 0.15) is 5.65 Å². The van der Waals surface area contributed by atoms with Gasteiger partial charge in [-0.25, -0.2) is 4.98 Å². The van der Waals surface area contributed by atoms with Gasteiger partial charge in [-0.1, -0.05) is 0 Å². The van der Waals surface area contributed by atoms with Crippen LogP contribution < -0.4 is 5.32 Å². The smallest absolute Gasteiger partial charge is 0.306 e. The molecule has 0 saturated carbocycles. The molecule has 0 saturated heterocycles. The number of hydrogen-bond acceptors (Lipinski definition) is 4. The Labute approximate surface area is 104 Å². The van der Waals surface area contributed by atoms with Crippen LogP contribution in [-0.2, 0) is 14.3 Å². The van der Waals surface area contributed by atoms with E-state index in [1.54, 1.807) is 35.1 Å². The summed E-state index contributed by atoms with van der Waals surface area (Å²) in [6, 6.07) is 3.56. The van der Waals surface area contributed by atoms with Crippen molar-refractivity contribution < 1.29 is 14.3 Å². The summed E-state index contributed by atoms with van der Waals surface area (Å²) >= 11 is 0. The van der Waals surface area contributed by atoms with Crippen LogP contribution in [-0.4, -0.2) is 28.4 Å². The summed E-state index contributed by atoms with van der Waals surface area (Å²) in [4.78, 5) is 26.6. The van der Waals surface area contributed by atoms with Gasteiger partial charge in [0.05, 0.1) is 19.2 Å². The van der Waals surface area contributed by atoms with Gasteiger partial charge in [-0.2, -0.15) is 0 Å². The average molecular weight is 247 g/mol. The van der Waals surface area contributed by atoms with Gasteiger partial charge in [-0.05, 0) is 12.1 Å². The summed E-state index contributed by atoms with van der Waals surface area (Å²) in [5.41, 5.74) is 1.47. The molecule has 0 aromatic carbocycles. The van der Waals surface area contributed by atoms with Crippen molar-refractivity contribution in [2.45, 2.75) is 12.8 Å². The van der Waals surface area contributed by atoms with E-state index in [1.807, 2.05) is 0 Å². The summed E-state index contributed by atoms with van der Waals surface area (Å²) in [5.74, 6) is -0.616. The minimum Gasteiger partial charge on any atom is -0.469 e. The van der Waals surface area contributed by atoms with E-state index in [4.69, 9.17) is 0 Å². The number of hydrogen-bond donors (Lipinski definition) is 1. The lowest BCUT2D eigenvalue weighted by molar-refractivity contribution is -0.141. The molecule has 0 aliphatic heterocycles. The number of ether oxygens (including phenoxy) is 1. The maximum Gasteiger partial charge on any atom is 0.306 e. The van der Waals surface area contributed by atoms with Gasteiger partial charge >= 0.3 is 5.97 Å². The third-order valence-electron chi connectivity index (χ3n) is 2.46. The number of esters is 1. The van der Waals surface area contributed by atoms with E-state index in [9.17, 15) is 9.59 Å². The minimum absolute atomic E-state index is 0.0790. The molecular formula is C12H13N3O3. The van der Waals surface area contributed by atoms with Gasteiger partial charge in [-0.3, -0.25) is 9.59 Å². The molecule has 18 heavy (non-hydrogen) atoms. The second-order valence-electron chi connectivity index (χ2n) is 3.73. The Kier molecular flexibility index (Phi) is 3.57. The number of aromatic nitrogens is 2. The van der Waals surface area contributed by atoms with Gasteiger partial charge in [0.25, 0.3) is 0 Å². The second kappa shape index (κ2) is 5.31. The molecule has 2 aromatic rings. The summed E-state index contributed by atoms with van der Waals surface area (Å²) in [6.45, 7) is 0. The number of nitrogens with zero attached hydrogens (tertiary/aromatic N) is 2. The van der Waals surface area contributed by atoms with Crippen molar-refractivity contribution in [3.8, 4) is 0 Å². The maximum absolute atomic E-state index is 11.6. The van der Waals surface area contributed by atoms with Crippen LogP contribution in [0, 0.1) is 0 Å². The van der Waals surface area contributed by atoms with Crippen molar-refractivity contribution >= 4 is 23.2 Å². The zero-order chi connectivity index (χ0) is 13.0. The van der Waals surface area contributed by atoms with Crippen LogP contribution in [0.2, 0.25) is 0 Å². The molecule has 0 aliphatic carbocycles. The predicted octanol–water partition coefficient (Wildman–Crippen LogP) is 1.23. The van der Waals surface area contributed by atoms with E-state index in [-0.39, 0.29) is 18.7 Å². The largest absolute Gasteiger partial charge is 0.469 e. The van der Waals surface area contributed by atoms with Crippen LogP contribution in [0.3, 0.4) is 0 Å². The molecule has 0 bridgehead atoms. The van der Waals surface area contributed by atoms with Crippen molar-refractivity contribution in [1.29, 1.82) is 0 Å². The number of fused-ring (bicyclic) bond motifs is 1. The summed E-state index contributed by atoms with van der Waals surface area (Å²) in [6.07, 6.45) is 5.42. The highest BCUT2D eigenvalue weighted by molar-refractivity contribution is 5.92. The molecule has 6 nitrogen and oxygen atoms in total. The van der Waals surface area contributed by atoms with E-state index in [1.165, 1.54) is 7.11 Å². The highest BCUT2D eigenvalue weighted by Crippen LogP contribution is 2.10. The lowest BCUT2D eigenvalue weighted by Crippen LogP contribution is -2.14. The molecule has 2 aromatic heterocycles. The van der Waals surface area contributed by atoms with Crippen LogP contribution >= 0.6 is 0 Å². The number of methoxy groups -OCH3 is 1. The number of carbonyl (C=O) groups excluding carboxylic acids is 2. The highest BCUT2D eigenvalue weighted by atomic mass is 16.5. The Balaban J connectivity index is 1.96. The monoisotopic (exact) mass is 247 g/mol. The van der Waals surface area contributed by atoms with Crippen LogP contribution in [0.4, 0.5) is 5.69 Å². The number of anilines is 1. The summed E-state index contributed by atoms with van der Waals surface area (Å²) in [7, 11) is 1.30. The minimum atomic E-state index is -0.393. The van der Waals surface area contributed by atoms with Gasteiger partial charge in [0.15, 0.2) is 0 Å². The number of pyridine rings is 1. The second-order valence-corrected chi connectivity index (χ2v) is 3.73. The third kappa shape index (κ3) is 2.85. The molecule has 94 valence electrons. The highest BCUT2D eigenvalue weighted by Gasteiger charge is 2.07. The first kappa shape index (κ1) is 12.1. The first-order valence-electron chi connectivity index (χ1n) is 5.48. The van der Waals surface area contributed by atoms with Crippen molar-refractivity contribution in [3.63, 3.8) is 0 Å². The normalized spacial score (nSPS) is 10.3. The molecule has 0 aliphatic rings. The maximum atomic E-state index is 11.6. The lowest BCUT2D eigenvalue weighted by atomic mass is 10.3. The van der Waals surface area contributed by atoms with E-state index >= 15 is 0 Å². The summed E-state index contributed by atoms with van der Waals surface area (Å²) < 4.78 is 6.27. The van der Waals surface area contributed by atoms with Crippen LogP contribution in [0.5, 0.6) is 0 Å². The topological polar surface area (TPSA) is 72.7 Å². The number of nitrogens with one attached hydrogen (secondary N) is 1. The van der Waals surface area contributed by atoms with E-state index in [0.717, 1.165) is 5.65 Å². The van der Waals surface area contributed by atoms with Gasteiger partial charge in [0.2, 0.25) is 5.91 Å². The fourth-order valence-corrected chi connectivity index (χ4v) is 1.54. The molecule has 0 spiro atoms. The molecule has 1 amide bonds. The molecule has 0 radical (unpaired) electrons. The number of rotatable bonds is 4.